The van der Waals surface area contributed by atoms with E-state index in [0.29, 0.717) is 5.69 Å². The van der Waals surface area contributed by atoms with E-state index in [1.807, 2.05) is 30.3 Å². The zero-order chi connectivity index (χ0) is 14.4. The van der Waals surface area contributed by atoms with Gasteiger partial charge in [0, 0.05) is 28.3 Å². The molecule has 0 saturated heterocycles. The van der Waals surface area contributed by atoms with Gasteiger partial charge in [-0.1, -0.05) is 17.7 Å². The molecule has 1 aliphatic rings. The average Bonchev–Trinajstić information content (AvgIpc) is 2.89. The fourth-order valence-corrected chi connectivity index (χ4v) is 3.01. The van der Waals surface area contributed by atoms with E-state index in [2.05, 4.69) is 20.9 Å². The number of halogens is 1. The Labute approximate surface area is 127 Å². The fraction of sp³-hybridized carbons (Fsp3) is 0.125. The highest BCUT2D eigenvalue weighted by Gasteiger charge is 2.23. The van der Waals surface area contributed by atoms with Gasteiger partial charge in [0.05, 0.1) is 5.52 Å². The molecule has 1 aromatic heterocycles. The lowest BCUT2D eigenvalue weighted by Crippen LogP contribution is -2.15. The Balaban J connectivity index is 1.93. The minimum atomic E-state index is 0.712. The first-order valence-electron chi connectivity index (χ1n) is 6.78. The van der Waals surface area contributed by atoms with E-state index in [0.717, 1.165) is 40.4 Å². The largest absolute Gasteiger partial charge is 0.399 e. The van der Waals surface area contributed by atoms with Gasteiger partial charge < -0.3 is 10.6 Å². The zero-order valence-electron chi connectivity index (χ0n) is 11.3. The summed E-state index contributed by atoms with van der Waals surface area (Å²) >= 11 is 6.14. The molecular formula is C16H13ClN4. The van der Waals surface area contributed by atoms with Gasteiger partial charge in [0.15, 0.2) is 0 Å². The van der Waals surface area contributed by atoms with Crippen molar-refractivity contribution in [2.75, 3.05) is 17.2 Å². The van der Waals surface area contributed by atoms with E-state index in [1.54, 1.807) is 6.33 Å². The molecule has 0 radical (unpaired) electrons. The molecule has 104 valence electrons. The Hall–Kier alpha value is -2.33. The van der Waals surface area contributed by atoms with Crippen molar-refractivity contribution in [3.05, 3.63) is 53.3 Å². The molecule has 4 nitrogen and oxygen atoms in total. The minimum absolute atomic E-state index is 0.712. The third kappa shape index (κ3) is 1.99. The molecule has 1 aliphatic heterocycles. The number of hydrogen-bond acceptors (Lipinski definition) is 4. The summed E-state index contributed by atoms with van der Waals surface area (Å²) in [6.07, 6.45) is 2.58. The first-order valence-corrected chi connectivity index (χ1v) is 7.16. The van der Waals surface area contributed by atoms with Crippen LogP contribution >= 0.6 is 11.6 Å². The number of nitrogens with zero attached hydrogens (tertiary/aromatic N) is 3. The number of nitrogens with two attached hydrogens (primary N) is 1. The quantitative estimate of drug-likeness (QED) is 0.698. The predicted octanol–water partition coefficient (Wildman–Crippen LogP) is 3.56. The molecule has 0 fully saturated rings. The van der Waals surface area contributed by atoms with Crippen LogP contribution < -0.4 is 10.6 Å². The van der Waals surface area contributed by atoms with Gasteiger partial charge in [-0.3, -0.25) is 0 Å². The monoisotopic (exact) mass is 296 g/mol. The molecule has 2 aromatic carbocycles. The highest BCUT2D eigenvalue weighted by molar-refractivity contribution is 6.31. The van der Waals surface area contributed by atoms with E-state index in [-0.39, 0.29) is 0 Å². The summed E-state index contributed by atoms with van der Waals surface area (Å²) in [5, 5.41) is 1.70. The summed E-state index contributed by atoms with van der Waals surface area (Å²) < 4.78 is 0. The van der Waals surface area contributed by atoms with Gasteiger partial charge in [0.1, 0.15) is 12.1 Å². The Morgan fingerprint density at radius 2 is 2.00 bits per heavy atom. The molecule has 5 heteroatoms. The van der Waals surface area contributed by atoms with Crippen LogP contribution in [0.2, 0.25) is 5.02 Å². The molecule has 0 atom stereocenters. The summed E-state index contributed by atoms with van der Waals surface area (Å²) in [6.45, 7) is 0.886. The van der Waals surface area contributed by atoms with Crippen molar-refractivity contribution in [3.63, 3.8) is 0 Å². The van der Waals surface area contributed by atoms with Crippen molar-refractivity contribution in [1.29, 1.82) is 0 Å². The number of anilines is 3. The van der Waals surface area contributed by atoms with Crippen molar-refractivity contribution in [2.24, 2.45) is 0 Å². The third-order valence-electron chi connectivity index (χ3n) is 3.84. The van der Waals surface area contributed by atoms with Crippen molar-refractivity contribution in [3.8, 4) is 0 Å². The number of nitrogen functional groups attached to an aromatic ring is 1. The lowest BCUT2D eigenvalue weighted by Gasteiger charge is -2.20. The van der Waals surface area contributed by atoms with Gasteiger partial charge in [-0.15, -0.1) is 0 Å². The number of fused-ring (bicyclic) bond motifs is 2. The van der Waals surface area contributed by atoms with Crippen molar-refractivity contribution < 1.29 is 0 Å². The van der Waals surface area contributed by atoms with Crippen LogP contribution in [-0.4, -0.2) is 16.5 Å². The predicted molar refractivity (Wildman–Crippen MR) is 86.1 cm³/mol. The summed E-state index contributed by atoms with van der Waals surface area (Å²) in [5.74, 6) is 0.883. The van der Waals surface area contributed by atoms with E-state index in [4.69, 9.17) is 17.3 Å². The first-order chi connectivity index (χ1) is 10.2. The zero-order valence-corrected chi connectivity index (χ0v) is 12.0. The second-order valence-electron chi connectivity index (χ2n) is 5.15. The SMILES string of the molecule is Nc1ccc2ncnc(N3CCc4ccc(Cl)cc43)c2c1. The van der Waals surface area contributed by atoms with Crippen molar-refractivity contribution >= 4 is 39.7 Å². The van der Waals surface area contributed by atoms with Gasteiger partial charge in [-0.25, -0.2) is 9.97 Å². The molecule has 0 amide bonds. The molecule has 2 N–H and O–H groups in total. The second kappa shape index (κ2) is 4.60. The standard InChI is InChI=1S/C16H13ClN4/c17-11-2-1-10-5-6-21(15(10)7-11)16-13-8-12(18)3-4-14(13)19-9-20-16/h1-4,7-9H,5-6,18H2. The second-order valence-corrected chi connectivity index (χ2v) is 5.58. The average molecular weight is 297 g/mol. The molecule has 21 heavy (non-hydrogen) atoms. The first kappa shape index (κ1) is 12.4. The summed E-state index contributed by atoms with van der Waals surface area (Å²) in [6, 6.07) is 11.7. The Bertz CT molecular complexity index is 847. The maximum absolute atomic E-state index is 6.14. The molecule has 0 saturated carbocycles. The highest BCUT2D eigenvalue weighted by atomic mass is 35.5. The van der Waals surface area contributed by atoms with E-state index in [1.165, 1.54) is 5.56 Å². The van der Waals surface area contributed by atoms with E-state index < -0.39 is 0 Å². The Morgan fingerprint density at radius 3 is 2.90 bits per heavy atom. The van der Waals surface area contributed by atoms with Crippen LogP contribution in [0.25, 0.3) is 10.9 Å². The van der Waals surface area contributed by atoms with Gasteiger partial charge >= 0.3 is 0 Å². The summed E-state index contributed by atoms with van der Waals surface area (Å²) in [5.41, 5.74) is 9.92. The normalized spacial score (nSPS) is 13.7. The van der Waals surface area contributed by atoms with Crippen LogP contribution in [0.15, 0.2) is 42.7 Å². The van der Waals surface area contributed by atoms with Crippen LogP contribution in [-0.2, 0) is 6.42 Å². The molecule has 2 heterocycles. The molecule has 0 aliphatic carbocycles. The molecular weight excluding hydrogens is 284 g/mol. The van der Waals surface area contributed by atoms with Crippen molar-refractivity contribution in [2.45, 2.75) is 6.42 Å². The number of aromatic nitrogens is 2. The molecule has 3 aromatic rings. The topological polar surface area (TPSA) is 55.0 Å². The van der Waals surface area contributed by atoms with Crippen LogP contribution in [0.1, 0.15) is 5.56 Å². The van der Waals surface area contributed by atoms with Crippen LogP contribution in [0.3, 0.4) is 0 Å². The molecule has 0 unspecified atom stereocenters. The maximum atomic E-state index is 6.14. The van der Waals surface area contributed by atoms with Crippen molar-refractivity contribution in [1.82, 2.24) is 9.97 Å². The molecule has 4 rings (SSSR count). The Morgan fingerprint density at radius 1 is 1.10 bits per heavy atom. The highest BCUT2D eigenvalue weighted by Crippen LogP contribution is 2.38. The minimum Gasteiger partial charge on any atom is -0.399 e. The van der Waals surface area contributed by atoms with Crippen LogP contribution in [0.5, 0.6) is 0 Å². The lowest BCUT2D eigenvalue weighted by molar-refractivity contribution is 0.975. The maximum Gasteiger partial charge on any atom is 0.144 e. The third-order valence-corrected chi connectivity index (χ3v) is 4.07. The molecule has 0 bridgehead atoms. The lowest BCUT2D eigenvalue weighted by atomic mass is 10.1. The van der Waals surface area contributed by atoms with Gasteiger partial charge in [-0.05, 0) is 42.3 Å². The number of benzene rings is 2. The fourth-order valence-electron chi connectivity index (χ4n) is 2.85. The van der Waals surface area contributed by atoms with Crippen LogP contribution in [0.4, 0.5) is 17.2 Å². The number of hydrogen-bond donors (Lipinski definition) is 1. The van der Waals surface area contributed by atoms with Gasteiger partial charge in [0.25, 0.3) is 0 Å². The molecule has 0 spiro atoms. The van der Waals surface area contributed by atoms with E-state index in [9.17, 15) is 0 Å². The smallest absolute Gasteiger partial charge is 0.144 e. The van der Waals surface area contributed by atoms with Crippen LogP contribution in [0, 0.1) is 0 Å². The number of rotatable bonds is 1. The summed E-state index contributed by atoms with van der Waals surface area (Å²) in [7, 11) is 0. The summed E-state index contributed by atoms with van der Waals surface area (Å²) in [4.78, 5) is 11.0. The van der Waals surface area contributed by atoms with Gasteiger partial charge in [-0.2, -0.15) is 0 Å². The Kier molecular flexibility index (Phi) is 2.72. The van der Waals surface area contributed by atoms with E-state index >= 15 is 0 Å². The van der Waals surface area contributed by atoms with Gasteiger partial charge in [0.2, 0.25) is 0 Å².